The molecule has 1 heterocycles. The highest BCUT2D eigenvalue weighted by molar-refractivity contribution is 6.31. The number of nitrogens with zero attached hydrogens (tertiary/aromatic N) is 2. The van der Waals surface area contributed by atoms with Crippen LogP contribution in [0.4, 0.5) is 0 Å². The molecule has 1 unspecified atom stereocenters. The van der Waals surface area contributed by atoms with Crippen molar-refractivity contribution >= 4 is 11.6 Å². The van der Waals surface area contributed by atoms with Crippen molar-refractivity contribution in [3.05, 3.63) is 16.4 Å². The molecule has 1 aliphatic carbocycles. The first-order chi connectivity index (χ1) is 9.01. The van der Waals surface area contributed by atoms with Gasteiger partial charge in [0.15, 0.2) is 0 Å². The van der Waals surface area contributed by atoms with Gasteiger partial charge in [0.25, 0.3) is 0 Å². The number of nitrogens with two attached hydrogens (primary N) is 1. The lowest BCUT2D eigenvalue weighted by atomic mass is 9.78. The number of hydrogen-bond acceptors (Lipinski definition) is 3. The largest absolute Gasteiger partial charge is 0.378 e. The predicted molar refractivity (Wildman–Crippen MR) is 77.4 cm³/mol. The third-order valence-electron chi connectivity index (χ3n) is 3.95. The molecule has 19 heavy (non-hydrogen) atoms. The molecule has 0 aliphatic heterocycles. The number of halogens is 1. The molecule has 1 saturated carbocycles. The van der Waals surface area contributed by atoms with Crippen LogP contribution in [0.2, 0.25) is 5.02 Å². The van der Waals surface area contributed by atoms with Crippen LogP contribution < -0.4 is 5.73 Å². The van der Waals surface area contributed by atoms with E-state index in [0.29, 0.717) is 12.0 Å². The average Bonchev–Trinajstić information content (AvgIpc) is 2.53. The van der Waals surface area contributed by atoms with Crippen LogP contribution in [0.5, 0.6) is 0 Å². The van der Waals surface area contributed by atoms with E-state index in [2.05, 4.69) is 5.10 Å². The smallest absolute Gasteiger partial charge is 0.0847 e. The maximum atomic E-state index is 6.25. The van der Waals surface area contributed by atoms with Crippen LogP contribution in [0.15, 0.2) is 0 Å². The number of ether oxygens (including phenoxy) is 1. The molecule has 1 atom stereocenters. The van der Waals surface area contributed by atoms with Gasteiger partial charge < -0.3 is 10.5 Å². The Bertz CT molecular complexity index is 427. The summed E-state index contributed by atoms with van der Waals surface area (Å²) in [4.78, 5) is 0. The Morgan fingerprint density at radius 2 is 2.21 bits per heavy atom. The van der Waals surface area contributed by atoms with Crippen molar-refractivity contribution in [1.82, 2.24) is 9.78 Å². The van der Waals surface area contributed by atoms with Crippen LogP contribution in [0.1, 0.15) is 37.6 Å². The zero-order valence-corrected chi connectivity index (χ0v) is 12.8. The van der Waals surface area contributed by atoms with E-state index >= 15 is 0 Å². The zero-order valence-electron chi connectivity index (χ0n) is 12.0. The van der Waals surface area contributed by atoms with Crippen molar-refractivity contribution in [3.63, 3.8) is 0 Å². The summed E-state index contributed by atoms with van der Waals surface area (Å²) in [5.41, 5.74) is 8.17. The lowest BCUT2D eigenvalue weighted by molar-refractivity contribution is -0.0281. The van der Waals surface area contributed by atoms with E-state index in [1.54, 1.807) is 0 Å². The summed E-state index contributed by atoms with van der Waals surface area (Å²) in [5, 5.41) is 5.09. The molecule has 2 rings (SSSR count). The van der Waals surface area contributed by atoms with Gasteiger partial charge in [-0.3, -0.25) is 4.68 Å². The Morgan fingerprint density at radius 3 is 2.74 bits per heavy atom. The summed E-state index contributed by atoms with van der Waals surface area (Å²) in [5.74, 6) is 0.708. The van der Waals surface area contributed by atoms with E-state index in [4.69, 9.17) is 22.1 Å². The molecule has 108 valence electrons. The first-order valence-corrected chi connectivity index (χ1v) is 7.44. The Balaban J connectivity index is 1.80. The topological polar surface area (TPSA) is 53.1 Å². The van der Waals surface area contributed by atoms with Crippen molar-refractivity contribution in [1.29, 1.82) is 0 Å². The molecule has 0 amide bonds. The van der Waals surface area contributed by atoms with E-state index < -0.39 is 0 Å². The van der Waals surface area contributed by atoms with Gasteiger partial charge in [-0.05, 0) is 39.0 Å². The van der Waals surface area contributed by atoms with Crippen LogP contribution in [0, 0.1) is 12.8 Å². The van der Waals surface area contributed by atoms with Crippen molar-refractivity contribution < 1.29 is 4.74 Å². The van der Waals surface area contributed by atoms with Gasteiger partial charge in [0.05, 0.1) is 22.5 Å². The molecule has 0 radical (unpaired) electrons. The minimum Gasteiger partial charge on any atom is -0.378 e. The molecule has 1 aliphatic rings. The summed E-state index contributed by atoms with van der Waals surface area (Å²) in [6.45, 7) is 4.79. The van der Waals surface area contributed by atoms with Gasteiger partial charge in [0.1, 0.15) is 0 Å². The van der Waals surface area contributed by atoms with Crippen molar-refractivity contribution in [2.24, 2.45) is 18.7 Å². The van der Waals surface area contributed by atoms with Gasteiger partial charge in [0.2, 0.25) is 0 Å². The summed E-state index contributed by atoms with van der Waals surface area (Å²) >= 11 is 6.25. The second-order valence-corrected chi connectivity index (χ2v) is 5.96. The molecule has 0 aromatic carbocycles. The van der Waals surface area contributed by atoms with Gasteiger partial charge in [-0.1, -0.05) is 11.6 Å². The van der Waals surface area contributed by atoms with E-state index in [0.717, 1.165) is 48.7 Å². The average molecular weight is 286 g/mol. The molecule has 1 aromatic heterocycles. The van der Waals surface area contributed by atoms with Gasteiger partial charge in [-0.25, -0.2) is 0 Å². The van der Waals surface area contributed by atoms with Crippen LogP contribution in [-0.2, 0) is 18.2 Å². The SMILES string of the molecule is CCOC1CC(CC(N)Cc2c(Cl)c(C)nn2C)C1. The molecule has 2 N–H and O–H groups in total. The van der Waals surface area contributed by atoms with Crippen molar-refractivity contribution in [2.45, 2.75) is 51.7 Å². The Morgan fingerprint density at radius 1 is 1.53 bits per heavy atom. The lowest BCUT2D eigenvalue weighted by Gasteiger charge is -2.36. The Kier molecular flexibility index (Phi) is 4.87. The van der Waals surface area contributed by atoms with Gasteiger partial charge in [0, 0.05) is 26.1 Å². The van der Waals surface area contributed by atoms with Gasteiger partial charge in [-0.15, -0.1) is 0 Å². The summed E-state index contributed by atoms with van der Waals surface area (Å²) in [7, 11) is 1.93. The second kappa shape index (κ2) is 6.25. The molecule has 4 nitrogen and oxygen atoms in total. The van der Waals surface area contributed by atoms with Crippen molar-refractivity contribution in [3.8, 4) is 0 Å². The number of aryl methyl sites for hydroxylation is 2. The zero-order chi connectivity index (χ0) is 14.0. The van der Waals surface area contributed by atoms with Crippen LogP contribution in [0.25, 0.3) is 0 Å². The Labute approximate surface area is 120 Å². The maximum Gasteiger partial charge on any atom is 0.0847 e. The van der Waals surface area contributed by atoms with Crippen molar-refractivity contribution in [2.75, 3.05) is 6.61 Å². The van der Waals surface area contributed by atoms with E-state index in [-0.39, 0.29) is 6.04 Å². The highest BCUT2D eigenvalue weighted by Gasteiger charge is 2.31. The number of hydrogen-bond donors (Lipinski definition) is 1. The highest BCUT2D eigenvalue weighted by atomic mass is 35.5. The maximum absolute atomic E-state index is 6.25. The minimum absolute atomic E-state index is 0.153. The summed E-state index contributed by atoms with van der Waals surface area (Å²) in [6.07, 6.45) is 4.61. The standard InChI is InChI=1S/C14H24ClN3O/c1-4-19-12-6-10(7-12)5-11(16)8-13-14(15)9(2)17-18(13)3/h10-12H,4-8,16H2,1-3H3. The molecule has 0 spiro atoms. The summed E-state index contributed by atoms with van der Waals surface area (Å²) < 4.78 is 7.42. The predicted octanol–water partition coefficient (Wildman–Crippen LogP) is 2.46. The van der Waals surface area contributed by atoms with E-state index in [1.807, 2.05) is 25.6 Å². The molecule has 0 saturated heterocycles. The van der Waals surface area contributed by atoms with Gasteiger partial charge in [-0.2, -0.15) is 5.10 Å². The normalized spacial score (nSPS) is 24.3. The van der Waals surface area contributed by atoms with Crippen LogP contribution in [-0.4, -0.2) is 28.5 Å². The third kappa shape index (κ3) is 3.50. The monoisotopic (exact) mass is 285 g/mol. The minimum atomic E-state index is 0.153. The van der Waals surface area contributed by atoms with Crippen LogP contribution >= 0.6 is 11.6 Å². The third-order valence-corrected chi connectivity index (χ3v) is 4.44. The molecule has 5 heteroatoms. The van der Waals surface area contributed by atoms with E-state index in [9.17, 15) is 0 Å². The molecular formula is C14H24ClN3O. The first-order valence-electron chi connectivity index (χ1n) is 7.06. The fourth-order valence-electron chi connectivity index (χ4n) is 2.90. The first kappa shape index (κ1) is 14.8. The van der Waals surface area contributed by atoms with E-state index in [1.165, 1.54) is 0 Å². The molecule has 1 aromatic rings. The molecule has 0 bridgehead atoms. The lowest BCUT2D eigenvalue weighted by Crippen LogP contribution is -2.36. The Hall–Kier alpha value is -0.580. The van der Waals surface area contributed by atoms with Gasteiger partial charge >= 0.3 is 0 Å². The fourth-order valence-corrected chi connectivity index (χ4v) is 3.14. The highest BCUT2D eigenvalue weighted by Crippen LogP contribution is 2.34. The molecular weight excluding hydrogens is 262 g/mol. The number of rotatable bonds is 6. The fraction of sp³-hybridized carbons (Fsp3) is 0.786. The van der Waals surface area contributed by atoms with Crippen LogP contribution in [0.3, 0.4) is 0 Å². The molecule has 1 fully saturated rings. The number of aromatic nitrogens is 2. The quantitative estimate of drug-likeness (QED) is 0.873. The summed E-state index contributed by atoms with van der Waals surface area (Å²) in [6, 6.07) is 0.153. The second-order valence-electron chi connectivity index (χ2n) is 5.58.